The Morgan fingerprint density at radius 1 is 1.47 bits per heavy atom. The summed E-state index contributed by atoms with van der Waals surface area (Å²) >= 11 is 0. The Labute approximate surface area is 92.9 Å². The summed E-state index contributed by atoms with van der Waals surface area (Å²) < 4.78 is 0. The molecule has 0 aliphatic heterocycles. The molecule has 1 heteroatoms. The molecule has 0 aromatic heterocycles. The van der Waals surface area contributed by atoms with E-state index in [0.29, 0.717) is 11.3 Å². The molecule has 1 nitrogen and oxygen atoms in total. The van der Waals surface area contributed by atoms with Crippen LogP contribution in [0.5, 0.6) is 0 Å². The van der Waals surface area contributed by atoms with Crippen molar-refractivity contribution in [3.8, 4) is 0 Å². The molecule has 0 amide bonds. The summed E-state index contributed by atoms with van der Waals surface area (Å²) in [5.74, 6) is 1.44. The van der Waals surface area contributed by atoms with Gasteiger partial charge in [0.05, 0.1) is 6.10 Å². The van der Waals surface area contributed by atoms with Crippen LogP contribution in [-0.4, -0.2) is 11.2 Å². The SMILES string of the molecule is C=C1C[C@@H](O)/C=C\CC[C@@H]2[C@@H]1CC2(C)C. The molecule has 84 valence electrons. The Balaban J connectivity index is 2.12. The van der Waals surface area contributed by atoms with E-state index in [0.717, 1.165) is 18.8 Å². The van der Waals surface area contributed by atoms with Crippen LogP contribution in [0.1, 0.15) is 39.5 Å². The van der Waals surface area contributed by atoms with Crippen LogP contribution in [-0.2, 0) is 0 Å². The van der Waals surface area contributed by atoms with Crippen molar-refractivity contribution >= 4 is 0 Å². The molecule has 2 rings (SSSR count). The van der Waals surface area contributed by atoms with Gasteiger partial charge in [-0.1, -0.05) is 38.2 Å². The van der Waals surface area contributed by atoms with Gasteiger partial charge in [-0.05, 0) is 42.9 Å². The highest BCUT2D eigenvalue weighted by Gasteiger charge is 2.47. The maximum Gasteiger partial charge on any atom is 0.0758 e. The van der Waals surface area contributed by atoms with Crippen LogP contribution in [0.25, 0.3) is 0 Å². The van der Waals surface area contributed by atoms with Crippen molar-refractivity contribution in [2.45, 2.75) is 45.6 Å². The minimum atomic E-state index is -0.306. The summed E-state index contributed by atoms with van der Waals surface area (Å²) in [5.41, 5.74) is 1.75. The second-order valence-electron chi connectivity index (χ2n) is 5.84. The molecule has 0 spiro atoms. The molecular weight excluding hydrogens is 184 g/mol. The Morgan fingerprint density at radius 3 is 2.87 bits per heavy atom. The predicted molar refractivity (Wildman–Crippen MR) is 63.5 cm³/mol. The lowest BCUT2D eigenvalue weighted by atomic mass is 9.52. The zero-order valence-electron chi connectivity index (χ0n) is 9.87. The highest BCUT2D eigenvalue weighted by atomic mass is 16.3. The van der Waals surface area contributed by atoms with Crippen molar-refractivity contribution in [3.05, 3.63) is 24.3 Å². The lowest BCUT2D eigenvalue weighted by molar-refractivity contribution is 0.00243. The van der Waals surface area contributed by atoms with Gasteiger partial charge in [-0.25, -0.2) is 0 Å². The third-order valence-electron chi connectivity index (χ3n) is 4.23. The fourth-order valence-corrected chi connectivity index (χ4v) is 3.28. The number of fused-ring (bicyclic) bond motifs is 1. The highest BCUT2D eigenvalue weighted by molar-refractivity contribution is 5.16. The van der Waals surface area contributed by atoms with E-state index in [1.807, 2.05) is 6.08 Å². The minimum Gasteiger partial charge on any atom is -0.389 e. The number of rotatable bonds is 0. The molecule has 15 heavy (non-hydrogen) atoms. The number of hydrogen-bond acceptors (Lipinski definition) is 1. The Morgan fingerprint density at radius 2 is 2.20 bits per heavy atom. The van der Waals surface area contributed by atoms with E-state index in [9.17, 15) is 5.11 Å². The van der Waals surface area contributed by atoms with E-state index >= 15 is 0 Å². The Kier molecular flexibility index (Phi) is 2.76. The standard InChI is InChI=1S/C14H22O/c1-10-8-11(15)6-4-5-7-13-12(10)9-14(13,2)3/h4,6,11-13,15H,1,5,7-9H2,2-3H3/b6-4-/t11-,12+,13+/m0/s1. The van der Waals surface area contributed by atoms with Gasteiger partial charge in [0.1, 0.15) is 0 Å². The smallest absolute Gasteiger partial charge is 0.0758 e. The molecule has 0 aromatic rings. The first-order valence-corrected chi connectivity index (χ1v) is 6.03. The van der Waals surface area contributed by atoms with Crippen LogP contribution in [0.4, 0.5) is 0 Å². The fourth-order valence-electron chi connectivity index (χ4n) is 3.28. The summed E-state index contributed by atoms with van der Waals surface area (Å²) in [6, 6.07) is 0. The summed E-state index contributed by atoms with van der Waals surface area (Å²) in [4.78, 5) is 0. The van der Waals surface area contributed by atoms with Crippen molar-refractivity contribution in [1.82, 2.24) is 0 Å². The van der Waals surface area contributed by atoms with Gasteiger partial charge in [0.15, 0.2) is 0 Å². The predicted octanol–water partition coefficient (Wildman–Crippen LogP) is 3.31. The second-order valence-corrected chi connectivity index (χ2v) is 5.84. The molecule has 1 saturated carbocycles. The summed E-state index contributed by atoms with van der Waals surface area (Å²) in [6.45, 7) is 8.88. The molecule has 0 heterocycles. The fraction of sp³-hybridized carbons (Fsp3) is 0.714. The van der Waals surface area contributed by atoms with Crippen LogP contribution in [0, 0.1) is 17.3 Å². The first-order chi connectivity index (χ1) is 7.00. The number of allylic oxidation sites excluding steroid dienone is 1. The lowest BCUT2D eigenvalue weighted by Crippen LogP contribution is -2.44. The Bertz CT molecular complexity index is 288. The third-order valence-corrected chi connectivity index (χ3v) is 4.23. The molecule has 0 unspecified atom stereocenters. The van der Waals surface area contributed by atoms with Gasteiger partial charge in [-0.15, -0.1) is 0 Å². The monoisotopic (exact) mass is 206 g/mol. The van der Waals surface area contributed by atoms with Gasteiger partial charge in [0, 0.05) is 0 Å². The molecule has 3 atom stereocenters. The largest absolute Gasteiger partial charge is 0.389 e. The van der Waals surface area contributed by atoms with Gasteiger partial charge < -0.3 is 5.11 Å². The third kappa shape index (κ3) is 2.03. The van der Waals surface area contributed by atoms with E-state index in [4.69, 9.17) is 0 Å². The van der Waals surface area contributed by atoms with E-state index in [1.165, 1.54) is 18.4 Å². The second kappa shape index (κ2) is 3.79. The molecule has 0 radical (unpaired) electrons. The maximum atomic E-state index is 9.72. The topological polar surface area (TPSA) is 20.2 Å². The van der Waals surface area contributed by atoms with Crippen LogP contribution in [0.15, 0.2) is 24.3 Å². The van der Waals surface area contributed by atoms with Crippen LogP contribution >= 0.6 is 0 Å². The van der Waals surface area contributed by atoms with Crippen LogP contribution in [0.2, 0.25) is 0 Å². The van der Waals surface area contributed by atoms with Crippen molar-refractivity contribution in [3.63, 3.8) is 0 Å². The van der Waals surface area contributed by atoms with Crippen molar-refractivity contribution in [1.29, 1.82) is 0 Å². The van der Waals surface area contributed by atoms with Gasteiger partial charge in [0.2, 0.25) is 0 Å². The molecule has 0 aromatic carbocycles. The number of aliphatic hydroxyl groups excluding tert-OH is 1. The van der Waals surface area contributed by atoms with Crippen LogP contribution < -0.4 is 0 Å². The molecule has 0 saturated heterocycles. The maximum absolute atomic E-state index is 9.72. The average molecular weight is 206 g/mol. The quantitative estimate of drug-likeness (QED) is 0.603. The minimum absolute atomic E-state index is 0.306. The van der Waals surface area contributed by atoms with Gasteiger partial charge >= 0.3 is 0 Å². The Hall–Kier alpha value is -0.560. The van der Waals surface area contributed by atoms with E-state index < -0.39 is 0 Å². The van der Waals surface area contributed by atoms with Gasteiger partial charge in [0.25, 0.3) is 0 Å². The van der Waals surface area contributed by atoms with Crippen molar-refractivity contribution in [2.24, 2.45) is 17.3 Å². The number of hydrogen-bond donors (Lipinski definition) is 1. The van der Waals surface area contributed by atoms with Gasteiger partial charge in [-0.3, -0.25) is 0 Å². The lowest BCUT2D eigenvalue weighted by Gasteiger charge is -2.53. The van der Waals surface area contributed by atoms with E-state index in [-0.39, 0.29) is 6.10 Å². The number of aliphatic hydroxyl groups is 1. The molecule has 2 aliphatic carbocycles. The highest BCUT2D eigenvalue weighted by Crippen LogP contribution is 2.56. The molecule has 2 aliphatic rings. The van der Waals surface area contributed by atoms with Gasteiger partial charge in [-0.2, -0.15) is 0 Å². The zero-order chi connectivity index (χ0) is 11.1. The van der Waals surface area contributed by atoms with Crippen molar-refractivity contribution in [2.75, 3.05) is 0 Å². The molecule has 1 N–H and O–H groups in total. The summed E-state index contributed by atoms with van der Waals surface area (Å²) in [5, 5.41) is 9.72. The summed E-state index contributed by atoms with van der Waals surface area (Å²) in [6.07, 6.45) is 8.13. The molecular formula is C14H22O. The first kappa shape index (κ1) is 10.9. The van der Waals surface area contributed by atoms with E-state index in [1.54, 1.807) is 0 Å². The van der Waals surface area contributed by atoms with Crippen molar-refractivity contribution < 1.29 is 5.11 Å². The average Bonchev–Trinajstić information content (AvgIpc) is 2.17. The molecule has 1 fully saturated rings. The summed E-state index contributed by atoms with van der Waals surface area (Å²) in [7, 11) is 0. The zero-order valence-corrected chi connectivity index (χ0v) is 9.87. The molecule has 0 bridgehead atoms. The first-order valence-electron chi connectivity index (χ1n) is 6.03. The normalized spacial score (nSPS) is 41.8. The van der Waals surface area contributed by atoms with Crippen LogP contribution in [0.3, 0.4) is 0 Å². The van der Waals surface area contributed by atoms with E-state index in [2.05, 4.69) is 26.5 Å².